The van der Waals surface area contributed by atoms with Crippen LogP contribution >= 0.6 is 11.3 Å². The second kappa shape index (κ2) is 3.70. The van der Waals surface area contributed by atoms with Crippen LogP contribution in [0.15, 0.2) is 18.2 Å². The first kappa shape index (κ1) is 10.0. The van der Waals surface area contributed by atoms with Gasteiger partial charge in [-0.1, -0.05) is 18.3 Å². The van der Waals surface area contributed by atoms with Gasteiger partial charge in [-0.25, -0.2) is 9.37 Å². The fraction of sp³-hybridized carbons (Fsp3) is 0.417. The summed E-state index contributed by atoms with van der Waals surface area (Å²) in [5, 5.41) is 4.23. The van der Waals surface area contributed by atoms with E-state index in [1.807, 2.05) is 0 Å². The van der Waals surface area contributed by atoms with Crippen LogP contribution in [0.4, 0.5) is 9.52 Å². The van der Waals surface area contributed by atoms with Crippen LogP contribution in [-0.4, -0.2) is 11.5 Å². The Morgan fingerprint density at radius 2 is 2.38 bits per heavy atom. The summed E-state index contributed by atoms with van der Waals surface area (Å²) in [6.07, 6.45) is 1.31. The van der Waals surface area contributed by atoms with Crippen LogP contribution < -0.4 is 5.32 Å². The Morgan fingerprint density at radius 1 is 1.56 bits per heavy atom. The number of halogens is 1. The Balaban J connectivity index is 1.77. The third kappa shape index (κ3) is 1.89. The van der Waals surface area contributed by atoms with Gasteiger partial charge in [0.05, 0.1) is 10.2 Å². The minimum absolute atomic E-state index is 0.222. The largest absolute Gasteiger partial charge is 0.361 e. The first-order valence-corrected chi connectivity index (χ1v) is 6.34. The molecule has 1 aromatic carbocycles. The van der Waals surface area contributed by atoms with E-state index in [2.05, 4.69) is 17.2 Å². The summed E-state index contributed by atoms with van der Waals surface area (Å²) in [6.45, 7) is 3.25. The van der Waals surface area contributed by atoms with Crippen LogP contribution in [0.1, 0.15) is 13.3 Å². The Bertz CT molecular complexity index is 523. The molecule has 2 nitrogen and oxygen atoms in total. The van der Waals surface area contributed by atoms with Gasteiger partial charge in [-0.05, 0) is 30.4 Å². The first-order chi connectivity index (χ1) is 7.72. The minimum Gasteiger partial charge on any atom is -0.361 e. The molecule has 0 radical (unpaired) electrons. The lowest BCUT2D eigenvalue weighted by Gasteiger charge is -1.98. The van der Waals surface area contributed by atoms with Crippen molar-refractivity contribution in [2.75, 3.05) is 11.9 Å². The standard InChI is InChI=1S/C12H13FN2S/c1-7-4-8(7)6-14-12-15-10-5-9(13)2-3-11(10)16-12/h2-3,5,7-8H,4,6H2,1H3,(H,14,15). The number of benzene rings is 1. The molecule has 1 saturated carbocycles. The van der Waals surface area contributed by atoms with E-state index in [0.29, 0.717) is 0 Å². The second-order valence-corrected chi connectivity index (χ2v) is 5.52. The normalized spacial score (nSPS) is 23.6. The van der Waals surface area contributed by atoms with Crippen LogP contribution in [0.25, 0.3) is 10.2 Å². The molecular weight excluding hydrogens is 223 g/mol. The van der Waals surface area contributed by atoms with E-state index < -0.39 is 0 Å². The summed E-state index contributed by atoms with van der Waals surface area (Å²) in [5.74, 6) is 1.42. The Labute approximate surface area is 97.5 Å². The quantitative estimate of drug-likeness (QED) is 0.882. The highest BCUT2D eigenvalue weighted by atomic mass is 32.1. The average Bonchev–Trinajstić information content (AvgIpc) is 2.81. The molecule has 3 rings (SSSR count). The average molecular weight is 236 g/mol. The molecular formula is C12H13FN2S. The Hall–Kier alpha value is -1.16. The smallest absolute Gasteiger partial charge is 0.183 e. The van der Waals surface area contributed by atoms with Gasteiger partial charge >= 0.3 is 0 Å². The molecule has 1 aromatic heterocycles. The number of nitrogens with one attached hydrogen (secondary N) is 1. The van der Waals surface area contributed by atoms with Crippen LogP contribution in [0, 0.1) is 17.7 Å². The summed E-state index contributed by atoms with van der Waals surface area (Å²) in [6, 6.07) is 4.75. The van der Waals surface area contributed by atoms with Gasteiger partial charge in [0.15, 0.2) is 5.13 Å². The van der Waals surface area contributed by atoms with E-state index in [4.69, 9.17) is 0 Å². The number of thiazole rings is 1. The molecule has 1 heterocycles. The monoisotopic (exact) mass is 236 g/mol. The first-order valence-electron chi connectivity index (χ1n) is 5.52. The van der Waals surface area contributed by atoms with Crippen LogP contribution in [0.5, 0.6) is 0 Å². The predicted molar refractivity (Wildman–Crippen MR) is 65.3 cm³/mol. The number of fused-ring (bicyclic) bond motifs is 1. The molecule has 2 aromatic rings. The molecule has 84 valence electrons. The van der Waals surface area contributed by atoms with Crippen molar-refractivity contribution in [1.82, 2.24) is 4.98 Å². The van der Waals surface area contributed by atoms with Gasteiger partial charge < -0.3 is 5.32 Å². The molecule has 2 unspecified atom stereocenters. The summed E-state index contributed by atoms with van der Waals surface area (Å²) >= 11 is 1.59. The van der Waals surface area contributed by atoms with Gasteiger partial charge in [0.2, 0.25) is 0 Å². The maximum Gasteiger partial charge on any atom is 0.183 e. The lowest BCUT2D eigenvalue weighted by molar-refractivity contribution is 0.629. The number of anilines is 1. The molecule has 0 amide bonds. The molecule has 0 bridgehead atoms. The summed E-state index contributed by atoms with van der Waals surface area (Å²) in [4.78, 5) is 4.37. The van der Waals surface area contributed by atoms with Gasteiger partial charge in [-0.3, -0.25) is 0 Å². The molecule has 0 saturated heterocycles. The van der Waals surface area contributed by atoms with Crippen molar-refractivity contribution in [1.29, 1.82) is 0 Å². The topological polar surface area (TPSA) is 24.9 Å². The summed E-state index contributed by atoms with van der Waals surface area (Å²) in [7, 11) is 0. The molecule has 1 fully saturated rings. The summed E-state index contributed by atoms with van der Waals surface area (Å²) in [5.41, 5.74) is 0.747. The predicted octanol–water partition coefficient (Wildman–Crippen LogP) is 3.50. The van der Waals surface area contributed by atoms with Crippen molar-refractivity contribution >= 4 is 26.7 Å². The minimum atomic E-state index is -0.222. The maximum absolute atomic E-state index is 13.0. The van der Waals surface area contributed by atoms with Gasteiger partial charge in [-0.2, -0.15) is 0 Å². The Morgan fingerprint density at radius 3 is 3.12 bits per heavy atom. The lowest BCUT2D eigenvalue weighted by Crippen LogP contribution is -2.03. The van der Waals surface area contributed by atoms with Crippen LogP contribution in [0.2, 0.25) is 0 Å². The van der Waals surface area contributed by atoms with Gasteiger partial charge in [0, 0.05) is 12.6 Å². The zero-order valence-corrected chi connectivity index (χ0v) is 9.85. The molecule has 1 N–H and O–H groups in total. The van der Waals surface area contributed by atoms with Crippen LogP contribution in [0.3, 0.4) is 0 Å². The Kier molecular flexibility index (Phi) is 2.32. The molecule has 16 heavy (non-hydrogen) atoms. The lowest BCUT2D eigenvalue weighted by atomic mass is 10.3. The number of hydrogen-bond donors (Lipinski definition) is 1. The van der Waals surface area contributed by atoms with E-state index in [1.54, 1.807) is 17.4 Å². The fourth-order valence-electron chi connectivity index (χ4n) is 1.88. The molecule has 0 aliphatic heterocycles. The number of nitrogens with zero attached hydrogens (tertiary/aromatic N) is 1. The van der Waals surface area contributed by atoms with Crippen molar-refractivity contribution < 1.29 is 4.39 Å². The van der Waals surface area contributed by atoms with E-state index in [-0.39, 0.29) is 5.82 Å². The molecule has 1 aliphatic carbocycles. The van der Waals surface area contributed by atoms with Crippen molar-refractivity contribution in [2.24, 2.45) is 11.8 Å². The van der Waals surface area contributed by atoms with E-state index >= 15 is 0 Å². The highest BCUT2D eigenvalue weighted by molar-refractivity contribution is 7.22. The van der Waals surface area contributed by atoms with Crippen molar-refractivity contribution in [3.8, 4) is 0 Å². The number of hydrogen-bond acceptors (Lipinski definition) is 3. The zero-order chi connectivity index (χ0) is 11.1. The maximum atomic E-state index is 13.0. The molecule has 1 aliphatic rings. The van der Waals surface area contributed by atoms with E-state index in [1.165, 1.54) is 18.6 Å². The third-order valence-electron chi connectivity index (χ3n) is 3.14. The SMILES string of the molecule is CC1CC1CNc1nc2cc(F)ccc2s1. The number of rotatable bonds is 3. The zero-order valence-electron chi connectivity index (χ0n) is 9.03. The van der Waals surface area contributed by atoms with Gasteiger partial charge in [0.1, 0.15) is 5.82 Å². The second-order valence-electron chi connectivity index (χ2n) is 4.49. The molecule has 2 atom stereocenters. The highest BCUT2D eigenvalue weighted by Crippen LogP contribution is 2.38. The van der Waals surface area contributed by atoms with Crippen molar-refractivity contribution in [3.63, 3.8) is 0 Å². The highest BCUT2D eigenvalue weighted by Gasteiger charge is 2.32. The fourth-order valence-corrected chi connectivity index (χ4v) is 2.73. The molecule has 0 spiro atoms. The van der Waals surface area contributed by atoms with E-state index in [9.17, 15) is 4.39 Å². The van der Waals surface area contributed by atoms with Crippen LogP contribution in [-0.2, 0) is 0 Å². The van der Waals surface area contributed by atoms with Gasteiger partial charge in [-0.15, -0.1) is 0 Å². The van der Waals surface area contributed by atoms with Crippen molar-refractivity contribution in [2.45, 2.75) is 13.3 Å². The third-order valence-corrected chi connectivity index (χ3v) is 4.14. The number of aromatic nitrogens is 1. The molecule has 4 heteroatoms. The van der Waals surface area contributed by atoms with Crippen molar-refractivity contribution in [3.05, 3.63) is 24.0 Å². The van der Waals surface area contributed by atoms with Gasteiger partial charge in [0.25, 0.3) is 0 Å². The summed E-state index contributed by atoms with van der Waals surface area (Å²) < 4.78 is 14.0. The van der Waals surface area contributed by atoms with E-state index in [0.717, 1.165) is 33.7 Å².